The zero-order valence-electron chi connectivity index (χ0n) is 14.3. The fourth-order valence-corrected chi connectivity index (χ4v) is 3.35. The van der Waals surface area contributed by atoms with Crippen molar-refractivity contribution in [2.75, 3.05) is 25.0 Å². The Morgan fingerprint density at radius 1 is 1.24 bits per heavy atom. The van der Waals surface area contributed by atoms with Crippen molar-refractivity contribution in [1.82, 2.24) is 20.2 Å². The summed E-state index contributed by atoms with van der Waals surface area (Å²) >= 11 is 0. The van der Waals surface area contributed by atoms with E-state index in [1.54, 1.807) is 19.3 Å². The Hall–Kier alpha value is -2.35. The molecule has 1 atom stereocenters. The van der Waals surface area contributed by atoms with Crippen LogP contribution in [0.15, 0.2) is 12.4 Å². The standard InChI is InChI=1S/C17H23N5O3/c1-11(23)10-22-6-4-12(5-7-22)13-8-18-17(19-9-13)20-14-2-3-15(24)21-16(14)25/h8-9,12,14H,2-7,10H2,1H3,(H,18,19,20)(H,21,24,25). The van der Waals surface area contributed by atoms with Crippen LogP contribution < -0.4 is 10.6 Å². The number of rotatable bonds is 5. The van der Waals surface area contributed by atoms with Crippen LogP contribution in [0.2, 0.25) is 0 Å². The normalized spacial score (nSPS) is 22.5. The van der Waals surface area contributed by atoms with Gasteiger partial charge in [0, 0.05) is 18.8 Å². The number of aromatic nitrogens is 2. The number of likely N-dealkylation sites (tertiary alicyclic amines) is 1. The summed E-state index contributed by atoms with van der Waals surface area (Å²) in [7, 11) is 0. The van der Waals surface area contributed by atoms with E-state index in [9.17, 15) is 14.4 Å². The maximum Gasteiger partial charge on any atom is 0.249 e. The van der Waals surface area contributed by atoms with E-state index in [1.165, 1.54) is 0 Å². The fourth-order valence-electron chi connectivity index (χ4n) is 3.35. The molecule has 0 aromatic carbocycles. The van der Waals surface area contributed by atoms with Gasteiger partial charge in [0.2, 0.25) is 17.8 Å². The third-order valence-electron chi connectivity index (χ3n) is 4.72. The number of anilines is 1. The molecule has 0 saturated carbocycles. The second-order valence-corrected chi connectivity index (χ2v) is 6.74. The molecular weight excluding hydrogens is 322 g/mol. The van der Waals surface area contributed by atoms with Crippen molar-refractivity contribution in [3.05, 3.63) is 18.0 Å². The van der Waals surface area contributed by atoms with Gasteiger partial charge in [-0.2, -0.15) is 0 Å². The number of piperidine rings is 2. The number of amides is 2. The van der Waals surface area contributed by atoms with Crippen LogP contribution in [0.4, 0.5) is 5.95 Å². The van der Waals surface area contributed by atoms with Gasteiger partial charge in [-0.1, -0.05) is 0 Å². The summed E-state index contributed by atoms with van der Waals surface area (Å²) in [6, 6.07) is -0.474. The summed E-state index contributed by atoms with van der Waals surface area (Å²) < 4.78 is 0. The van der Waals surface area contributed by atoms with Crippen LogP contribution in [0.25, 0.3) is 0 Å². The molecule has 134 valence electrons. The van der Waals surface area contributed by atoms with Crippen molar-refractivity contribution in [3.63, 3.8) is 0 Å². The summed E-state index contributed by atoms with van der Waals surface area (Å²) in [5.41, 5.74) is 1.08. The molecule has 8 nitrogen and oxygen atoms in total. The minimum absolute atomic E-state index is 0.200. The number of nitrogens with zero attached hydrogens (tertiary/aromatic N) is 3. The Morgan fingerprint density at radius 3 is 2.52 bits per heavy atom. The van der Waals surface area contributed by atoms with Crippen molar-refractivity contribution in [3.8, 4) is 0 Å². The molecule has 3 rings (SSSR count). The van der Waals surface area contributed by atoms with Crippen LogP contribution in [-0.2, 0) is 14.4 Å². The second-order valence-electron chi connectivity index (χ2n) is 6.74. The molecule has 0 spiro atoms. The summed E-state index contributed by atoms with van der Waals surface area (Å²) in [6.07, 6.45) is 6.33. The highest BCUT2D eigenvalue weighted by atomic mass is 16.2. The SMILES string of the molecule is CC(=O)CN1CCC(c2cnc(NC3CCC(=O)NC3=O)nc2)CC1. The van der Waals surface area contributed by atoms with Crippen molar-refractivity contribution in [2.45, 2.75) is 44.6 Å². The van der Waals surface area contributed by atoms with Crippen molar-refractivity contribution in [2.24, 2.45) is 0 Å². The maximum absolute atomic E-state index is 11.8. The quantitative estimate of drug-likeness (QED) is 0.747. The van der Waals surface area contributed by atoms with Crippen LogP contribution in [0.5, 0.6) is 0 Å². The Bertz CT molecular complexity index is 653. The van der Waals surface area contributed by atoms with Crippen LogP contribution in [0, 0.1) is 0 Å². The van der Waals surface area contributed by atoms with E-state index in [0.717, 1.165) is 31.5 Å². The molecule has 3 heterocycles. The van der Waals surface area contributed by atoms with E-state index in [4.69, 9.17) is 0 Å². The predicted molar refractivity (Wildman–Crippen MR) is 90.9 cm³/mol. The average molecular weight is 345 g/mol. The molecule has 2 aliphatic rings. The van der Waals surface area contributed by atoms with Crippen LogP contribution in [-0.4, -0.2) is 58.1 Å². The lowest BCUT2D eigenvalue weighted by atomic mass is 9.91. The van der Waals surface area contributed by atoms with Crippen LogP contribution >= 0.6 is 0 Å². The number of carbonyl (C=O) groups is 3. The molecule has 1 aromatic heterocycles. The highest BCUT2D eigenvalue weighted by Gasteiger charge is 2.27. The van der Waals surface area contributed by atoms with Gasteiger partial charge in [-0.3, -0.25) is 24.6 Å². The molecule has 25 heavy (non-hydrogen) atoms. The summed E-state index contributed by atoms with van der Waals surface area (Å²) in [5, 5.41) is 5.28. The third-order valence-corrected chi connectivity index (χ3v) is 4.72. The van der Waals surface area contributed by atoms with Crippen LogP contribution in [0.3, 0.4) is 0 Å². The fraction of sp³-hybridized carbons (Fsp3) is 0.588. The molecule has 0 aliphatic carbocycles. The number of carbonyl (C=O) groups excluding carboxylic acids is 3. The molecular formula is C17H23N5O3. The van der Waals surface area contributed by atoms with Gasteiger partial charge < -0.3 is 5.32 Å². The molecule has 1 unspecified atom stereocenters. The predicted octanol–water partition coefficient (Wildman–Crippen LogP) is 0.462. The highest BCUT2D eigenvalue weighted by molar-refractivity contribution is 6.01. The summed E-state index contributed by atoms with van der Waals surface area (Å²) in [5.74, 6) is 0.419. The number of hydrogen-bond acceptors (Lipinski definition) is 7. The van der Waals surface area contributed by atoms with Crippen molar-refractivity contribution < 1.29 is 14.4 Å². The highest BCUT2D eigenvalue weighted by Crippen LogP contribution is 2.27. The van der Waals surface area contributed by atoms with Crippen LogP contribution in [0.1, 0.15) is 44.1 Å². The van der Waals surface area contributed by atoms with Gasteiger partial charge in [0.25, 0.3) is 0 Å². The molecule has 2 aliphatic heterocycles. The Morgan fingerprint density at radius 2 is 1.92 bits per heavy atom. The van der Waals surface area contributed by atoms with E-state index < -0.39 is 6.04 Å². The lowest BCUT2D eigenvalue weighted by Gasteiger charge is -2.31. The number of hydrogen-bond donors (Lipinski definition) is 2. The monoisotopic (exact) mass is 345 g/mol. The maximum atomic E-state index is 11.8. The second kappa shape index (κ2) is 7.69. The van der Waals surface area contributed by atoms with Gasteiger partial charge in [-0.25, -0.2) is 9.97 Å². The Balaban J connectivity index is 1.53. The number of Topliss-reactive ketones (excluding diaryl/α,β-unsaturated/α-hetero) is 1. The molecule has 2 fully saturated rings. The smallest absolute Gasteiger partial charge is 0.249 e. The zero-order chi connectivity index (χ0) is 17.8. The van der Waals surface area contributed by atoms with Gasteiger partial charge in [-0.15, -0.1) is 0 Å². The number of ketones is 1. The lowest BCUT2D eigenvalue weighted by molar-refractivity contribution is -0.133. The molecule has 0 radical (unpaired) electrons. The van der Waals surface area contributed by atoms with Gasteiger partial charge in [-0.05, 0) is 50.8 Å². The molecule has 2 saturated heterocycles. The first kappa shape index (κ1) is 17.5. The van der Waals surface area contributed by atoms with Gasteiger partial charge in [0.05, 0.1) is 6.54 Å². The largest absolute Gasteiger partial charge is 0.342 e. The third kappa shape index (κ3) is 4.60. The van der Waals surface area contributed by atoms with Crippen molar-refractivity contribution in [1.29, 1.82) is 0 Å². The van der Waals surface area contributed by atoms with E-state index in [1.807, 2.05) is 0 Å². The number of nitrogens with one attached hydrogen (secondary N) is 2. The molecule has 2 N–H and O–H groups in total. The number of imide groups is 1. The summed E-state index contributed by atoms with van der Waals surface area (Å²) in [6.45, 7) is 3.95. The first-order chi connectivity index (χ1) is 12.0. The van der Waals surface area contributed by atoms with E-state index in [2.05, 4.69) is 25.5 Å². The van der Waals surface area contributed by atoms with E-state index in [-0.39, 0.29) is 17.6 Å². The van der Waals surface area contributed by atoms with Crippen molar-refractivity contribution >= 4 is 23.5 Å². The van der Waals surface area contributed by atoms with Gasteiger partial charge >= 0.3 is 0 Å². The molecule has 8 heteroatoms. The van der Waals surface area contributed by atoms with Gasteiger partial charge in [0.15, 0.2) is 0 Å². The molecule has 1 aromatic rings. The summed E-state index contributed by atoms with van der Waals surface area (Å²) in [4.78, 5) is 44.9. The first-order valence-corrected chi connectivity index (χ1v) is 8.65. The van der Waals surface area contributed by atoms with E-state index >= 15 is 0 Å². The molecule has 0 bridgehead atoms. The lowest BCUT2D eigenvalue weighted by Crippen LogP contribution is -2.47. The Kier molecular flexibility index (Phi) is 5.37. The minimum atomic E-state index is -0.474. The first-order valence-electron chi connectivity index (χ1n) is 8.65. The topological polar surface area (TPSA) is 104 Å². The van der Waals surface area contributed by atoms with Gasteiger partial charge in [0.1, 0.15) is 11.8 Å². The Labute approximate surface area is 146 Å². The van der Waals surface area contributed by atoms with E-state index in [0.29, 0.717) is 31.3 Å². The molecule has 2 amide bonds. The zero-order valence-corrected chi connectivity index (χ0v) is 14.3. The minimum Gasteiger partial charge on any atom is -0.342 e. The average Bonchev–Trinajstić information content (AvgIpc) is 2.58.